The number of methoxy groups -OCH3 is 1. The molecule has 2 amide bonds. The Morgan fingerprint density at radius 2 is 1.85 bits per heavy atom. The van der Waals surface area contributed by atoms with E-state index in [1.165, 1.54) is 0 Å². The van der Waals surface area contributed by atoms with Gasteiger partial charge in [0.15, 0.2) is 0 Å². The normalized spacial score (nSPS) is 36.8. The highest BCUT2D eigenvalue weighted by Gasteiger charge is 2.43. The summed E-state index contributed by atoms with van der Waals surface area (Å²) in [4.78, 5) is 23.5. The molecule has 2 fully saturated rings. The number of nitrogens with one attached hydrogen (secondary N) is 2. The number of urea groups is 1. The maximum absolute atomic E-state index is 12.0. The lowest BCUT2D eigenvalue weighted by Crippen LogP contribution is -2.61. The van der Waals surface area contributed by atoms with Gasteiger partial charge >= 0.3 is 12.0 Å². The summed E-state index contributed by atoms with van der Waals surface area (Å²) in [7, 11) is 1.66. The van der Waals surface area contributed by atoms with Crippen LogP contribution in [0.3, 0.4) is 0 Å². The number of rotatable bonds is 4. The summed E-state index contributed by atoms with van der Waals surface area (Å²) in [6.45, 7) is 2.12. The van der Waals surface area contributed by atoms with E-state index in [1.54, 1.807) is 7.11 Å². The molecule has 6 heteroatoms. The molecule has 2 aliphatic carbocycles. The van der Waals surface area contributed by atoms with Crippen LogP contribution in [0.25, 0.3) is 0 Å². The summed E-state index contributed by atoms with van der Waals surface area (Å²) in [6.07, 6.45) is 4.47. The van der Waals surface area contributed by atoms with E-state index in [2.05, 4.69) is 17.6 Å². The average molecular weight is 284 g/mol. The third-order valence-corrected chi connectivity index (χ3v) is 4.65. The first-order valence-electron chi connectivity index (χ1n) is 7.30. The highest BCUT2D eigenvalue weighted by Crippen LogP contribution is 2.32. The number of hydrogen-bond acceptors (Lipinski definition) is 3. The van der Waals surface area contributed by atoms with Crippen molar-refractivity contribution in [1.82, 2.24) is 10.6 Å². The van der Waals surface area contributed by atoms with Crippen LogP contribution < -0.4 is 10.6 Å². The molecular weight excluding hydrogens is 260 g/mol. The third kappa shape index (κ3) is 3.23. The van der Waals surface area contributed by atoms with E-state index in [4.69, 9.17) is 4.74 Å². The smallest absolute Gasteiger partial charge is 0.329 e. The van der Waals surface area contributed by atoms with Gasteiger partial charge < -0.3 is 20.5 Å². The van der Waals surface area contributed by atoms with Crippen molar-refractivity contribution in [2.24, 2.45) is 5.92 Å². The number of ether oxygens (including phenoxy) is 1. The van der Waals surface area contributed by atoms with Crippen molar-refractivity contribution in [2.45, 2.75) is 63.1 Å². The fourth-order valence-corrected chi connectivity index (χ4v) is 2.96. The standard InChI is InChI=1S/C14H24N2O4/c1-9-3-5-14(6-4-9,12(17)18)16-13(19)15-10-7-11(8-10)20-2/h9-11H,3-8H2,1-2H3,(H,17,18)(H2,15,16,19). The summed E-state index contributed by atoms with van der Waals surface area (Å²) >= 11 is 0. The quantitative estimate of drug-likeness (QED) is 0.730. The molecule has 2 saturated carbocycles. The number of hydrogen-bond donors (Lipinski definition) is 3. The van der Waals surface area contributed by atoms with E-state index >= 15 is 0 Å². The Hall–Kier alpha value is -1.30. The molecule has 0 aromatic heterocycles. The van der Waals surface area contributed by atoms with Gasteiger partial charge in [0.2, 0.25) is 0 Å². The number of carbonyl (C=O) groups excluding carboxylic acids is 1. The Morgan fingerprint density at radius 3 is 2.35 bits per heavy atom. The molecule has 0 aromatic carbocycles. The van der Waals surface area contributed by atoms with Crippen molar-refractivity contribution in [3.63, 3.8) is 0 Å². The molecule has 0 bridgehead atoms. The molecule has 114 valence electrons. The largest absolute Gasteiger partial charge is 0.480 e. The first kappa shape index (κ1) is 15.1. The number of carbonyl (C=O) groups is 2. The van der Waals surface area contributed by atoms with Gasteiger partial charge in [0.05, 0.1) is 6.10 Å². The first-order valence-corrected chi connectivity index (χ1v) is 7.30. The van der Waals surface area contributed by atoms with Gasteiger partial charge in [-0.25, -0.2) is 9.59 Å². The number of aliphatic carboxylic acids is 1. The zero-order valence-corrected chi connectivity index (χ0v) is 12.1. The minimum Gasteiger partial charge on any atom is -0.480 e. The van der Waals surface area contributed by atoms with E-state index in [9.17, 15) is 14.7 Å². The molecule has 0 aromatic rings. The Kier molecular flexibility index (Phi) is 4.52. The van der Waals surface area contributed by atoms with Crippen LogP contribution in [0, 0.1) is 5.92 Å². The van der Waals surface area contributed by atoms with Crippen LogP contribution in [0.1, 0.15) is 45.4 Å². The maximum atomic E-state index is 12.0. The van der Waals surface area contributed by atoms with E-state index in [0.29, 0.717) is 18.8 Å². The van der Waals surface area contributed by atoms with Crippen LogP contribution in [-0.2, 0) is 9.53 Å². The molecular formula is C14H24N2O4. The zero-order valence-electron chi connectivity index (χ0n) is 12.1. The Morgan fingerprint density at radius 1 is 1.25 bits per heavy atom. The predicted octanol–water partition coefficient (Wildman–Crippen LogP) is 1.50. The molecule has 20 heavy (non-hydrogen) atoms. The molecule has 0 radical (unpaired) electrons. The van der Waals surface area contributed by atoms with Crippen LogP contribution in [0.2, 0.25) is 0 Å². The molecule has 0 unspecified atom stereocenters. The van der Waals surface area contributed by atoms with Crippen molar-refractivity contribution in [1.29, 1.82) is 0 Å². The van der Waals surface area contributed by atoms with Gasteiger partial charge in [0, 0.05) is 13.2 Å². The lowest BCUT2D eigenvalue weighted by atomic mass is 9.77. The number of carboxylic acid groups (broad SMARTS) is 1. The van der Waals surface area contributed by atoms with Crippen LogP contribution >= 0.6 is 0 Å². The monoisotopic (exact) mass is 284 g/mol. The molecule has 0 spiro atoms. The van der Waals surface area contributed by atoms with Crippen molar-refractivity contribution >= 4 is 12.0 Å². The SMILES string of the molecule is COC1CC(NC(=O)NC2(C(=O)O)CCC(C)CC2)C1. The van der Waals surface area contributed by atoms with Gasteiger partial charge in [-0.3, -0.25) is 0 Å². The van der Waals surface area contributed by atoms with E-state index < -0.39 is 11.5 Å². The first-order chi connectivity index (χ1) is 9.45. The van der Waals surface area contributed by atoms with Crippen LogP contribution in [-0.4, -0.2) is 41.9 Å². The highest BCUT2D eigenvalue weighted by molar-refractivity contribution is 5.86. The molecule has 0 atom stereocenters. The van der Waals surface area contributed by atoms with Crippen LogP contribution in [0.15, 0.2) is 0 Å². The van der Waals surface area contributed by atoms with E-state index in [1.807, 2.05) is 0 Å². The summed E-state index contributed by atoms with van der Waals surface area (Å²) < 4.78 is 5.15. The van der Waals surface area contributed by atoms with Crippen molar-refractivity contribution in [2.75, 3.05) is 7.11 Å². The summed E-state index contributed by atoms with van der Waals surface area (Å²) in [5, 5.41) is 15.0. The van der Waals surface area contributed by atoms with Crippen LogP contribution in [0.5, 0.6) is 0 Å². The van der Waals surface area contributed by atoms with Gasteiger partial charge in [-0.05, 0) is 44.4 Å². The molecule has 0 aliphatic heterocycles. The van der Waals surface area contributed by atoms with E-state index in [0.717, 1.165) is 25.7 Å². The number of carboxylic acids is 1. The molecule has 2 rings (SSSR count). The maximum Gasteiger partial charge on any atom is 0.329 e. The summed E-state index contributed by atoms with van der Waals surface area (Å²) in [6, 6.07) is -0.283. The second kappa shape index (κ2) is 5.99. The second-order valence-corrected chi connectivity index (χ2v) is 6.19. The summed E-state index contributed by atoms with van der Waals surface area (Å²) in [5.41, 5.74) is -1.10. The Balaban J connectivity index is 1.85. The molecule has 6 nitrogen and oxygen atoms in total. The fourth-order valence-electron chi connectivity index (χ4n) is 2.96. The van der Waals surface area contributed by atoms with Crippen molar-refractivity contribution in [3.05, 3.63) is 0 Å². The lowest BCUT2D eigenvalue weighted by molar-refractivity contribution is -0.146. The minimum atomic E-state index is -1.10. The van der Waals surface area contributed by atoms with Gasteiger partial charge in [-0.1, -0.05) is 6.92 Å². The zero-order chi connectivity index (χ0) is 14.8. The van der Waals surface area contributed by atoms with Gasteiger partial charge in [0.25, 0.3) is 0 Å². The number of amides is 2. The van der Waals surface area contributed by atoms with Gasteiger partial charge in [-0.15, -0.1) is 0 Å². The highest BCUT2D eigenvalue weighted by atomic mass is 16.5. The predicted molar refractivity (Wildman–Crippen MR) is 73.5 cm³/mol. The lowest BCUT2D eigenvalue weighted by Gasteiger charge is -2.38. The summed E-state index contributed by atoms with van der Waals surface area (Å²) in [5.74, 6) is -0.399. The Labute approximate surface area is 119 Å². The molecule has 0 heterocycles. The topological polar surface area (TPSA) is 87.7 Å². The fraction of sp³-hybridized carbons (Fsp3) is 0.857. The third-order valence-electron chi connectivity index (χ3n) is 4.65. The van der Waals surface area contributed by atoms with Gasteiger partial charge in [0.1, 0.15) is 5.54 Å². The van der Waals surface area contributed by atoms with Crippen molar-refractivity contribution in [3.8, 4) is 0 Å². The Bertz CT molecular complexity index is 371. The minimum absolute atomic E-state index is 0.0910. The van der Waals surface area contributed by atoms with E-state index in [-0.39, 0.29) is 18.2 Å². The van der Waals surface area contributed by atoms with Gasteiger partial charge in [-0.2, -0.15) is 0 Å². The second-order valence-electron chi connectivity index (χ2n) is 6.19. The van der Waals surface area contributed by atoms with Crippen LogP contribution in [0.4, 0.5) is 4.79 Å². The molecule has 3 N–H and O–H groups in total. The van der Waals surface area contributed by atoms with Crippen molar-refractivity contribution < 1.29 is 19.4 Å². The molecule has 2 aliphatic rings. The average Bonchev–Trinajstić information content (AvgIpc) is 2.36. The molecule has 0 saturated heterocycles.